The number of nitrogens with zero attached hydrogens (tertiary/aromatic N) is 3. The zero-order valence-electron chi connectivity index (χ0n) is 10.8. The highest BCUT2D eigenvalue weighted by Crippen LogP contribution is 2.16. The number of aromatic amines is 1. The number of likely N-dealkylation sites (N-methyl/N-ethyl adjacent to an activating group) is 1. The summed E-state index contributed by atoms with van der Waals surface area (Å²) in [6.07, 6.45) is 0. The Balaban J connectivity index is 2.25. The Bertz CT molecular complexity index is 544. The van der Waals surface area contributed by atoms with E-state index in [1.807, 2.05) is 30.3 Å². The standard InChI is InChI=1S/C13H18N4S/c1-3-16(2)9-10-17-12(14-15-13(17)18)11-7-5-4-6-8-11/h4-8H,3,9-10H2,1-2H3,(H,15,18). The number of aromatic nitrogens is 3. The maximum Gasteiger partial charge on any atom is 0.195 e. The fourth-order valence-corrected chi connectivity index (χ4v) is 1.98. The zero-order valence-corrected chi connectivity index (χ0v) is 11.6. The minimum atomic E-state index is 0.679. The van der Waals surface area contributed by atoms with Crippen LogP contribution in [0.2, 0.25) is 0 Å². The summed E-state index contributed by atoms with van der Waals surface area (Å²) in [7, 11) is 2.10. The van der Waals surface area contributed by atoms with Crippen LogP contribution >= 0.6 is 12.2 Å². The van der Waals surface area contributed by atoms with Gasteiger partial charge in [-0.25, -0.2) is 0 Å². The molecule has 0 aliphatic heterocycles. The minimum Gasteiger partial charge on any atom is -0.305 e. The number of hydrogen-bond donors (Lipinski definition) is 1. The van der Waals surface area contributed by atoms with Gasteiger partial charge in [-0.15, -0.1) is 0 Å². The molecule has 0 saturated heterocycles. The van der Waals surface area contributed by atoms with Gasteiger partial charge in [0, 0.05) is 18.7 Å². The molecule has 1 heterocycles. The summed E-state index contributed by atoms with van der Waals surface area (Å²) < 4.78 is 2.73. The summed E-state index contributed by atoms with van der Waals surface area (Å²) in [6.45, 7) is 4.99. The Kier molecular flexibility index (Phi) is 4.28. The van der Waals surface area contributed by atoms with Crippen molar-refractivity contribution in [1.29, 1.82) is 0 Å². The van der Waals surface area contributed by atoms with Crippen LogP contribution in [0.5, 0.6) is 0 Å². The van der Waals surface area contributed by atoms with E-state index in [2.05, 4.69) is 33.6 Å². The second-order valence-corrected chi connectivity index (χ2v) is 4.65. The van der Waals surface area contributed by atoms with Crippen LogP contribution in [0.25, 0.3) is 11.4 Å². The molecule has 0 fully saturated rings. The summed E-state index contributed by atoms with van der Waals surface area (Å²) in [5.41, 5.74) is 1.09. The van der Waals surface area contributed by atoms with Crippen LogP contribution in [0.4, 0.5) is 0 Å². The normalized spacial score (nSPS) is 11.1. The highest BCUT2D eigenvalue weighted by molar-refractivity contribution is 7.71. The van der Waals surface area contributed by atoms with Gasteiger partial charge in [-0.1, -0.05) is 37.3 Å². The fraction of sp³-hybridized carbons (Fsp3) is 0.385. The van der Waals surface area contributed by atoms with Gasteiger partial charge >= 0.3 is 0 Å². The van der Waals surface area contributed by atoms with Gasteiger partial charge in [-0.05, 0) is 25.8 Å². The molecule has 0 amide bonds. The maximum absolute atomic E-state index is 5.29. The van der Waals surface area contributed by atoms with E-state index in [0.717, 1.165) is 31.0 Å². The molecule has 2 aromatic rings. The number of H-pyrrole nitrogens is 1. The van der Waals surface area contributed by atoms with E-state index in [1.165, 1.54) is 0 Å². The number of rotatable bonds is 5. The lowest BCUT2D eigenvalue weighted by Crippen LogP contribution is -2.23. The Labute approximate surface area is 112 Å². The molecule has 5 heteroatoms. The van der Waals surface area contributed by atoms with Gasteiger partial charge in [-0.2, -0.15) is 5.10 Å². The van der Waals surface area contributed by atoms with Crippen LogP contribution in [0.3, 0.4) is 0 Å². The molecular weight excluding hydrogens is 244 g/mol. The van der Waals surface area contributed by atoms with Gasteiger partial charge in [0.1, 0.15) is 0 Å². The molecule has 18 heavy (non-hydrogen) atoms. The van der Waals surface area contributed by atoms with Gasteiger partial charge < -0.3 is 4.90 Å². The van der Waals surface area contributed by atoms with Gasteiger partial charge in [-0.3, -0.25) is 9.67 Å². The van der Waals surface area contributed by atoms with E-state index in [-0.39, 0.29) is 0 Å². The van der Waals surface area contributed by atoms with Crippen molar-refractivity contribution in [2.75, 3.05) is 20.1 Å². The lowest BCUT2D eigenvalue weighted by Gasteiger charge is -2.14. The van der Waals surface area contributed by atoms with E-state index in [4.69, 9.17) is 12.2 Å². The smallest absolute Gasteiger partial charge is 0.195 e. The topological polar surface area (TPSA) is 36.9 Å². The number of nitrogens with one attached hydrogen (secondary N) is 1. The van der Waals surface area contributed by atoms with Crippen molar-refractivity contribution in [1.82, 2.24) is 19.7 Å². The number of benzene rings is 1. The minimum absolute atomic E-state index is 0.679. The van der Waals surface area contributed by atoms with Crippen molar-refractivity contribution in [2.24, 2.45) is 0 Å². The van der Waals surface area contributed by atoms with Gasteiger partial charge in [0.25, 0.3) is 0 Å². The Hall–Kier alpha value is -1.46. The lowest BCUT2D eigenvalue weighted by molar-refractivity contribution is 0.335. The Morgan fingerprint density at radius 2 is 2.06 bits per heavy atom. The van der Waals surface area contributed by atoms with Gasteiger partial charge in [0.15, 0.2) is 10.6 Å². The van der Waals surface area contributed by atoms with Crippen LogP contribution in [0.15, 0.2) is 30.3 Å². The van der Waals surface area contributed by atoms with Gasteiger partial charge in [0.2, 0.25) is 0 Å². The summed E-state index contributed by atoms with van der Waals surface area (Å²) in [4.78, 5) is 2.25. The second-order valence-electron chi connectivity index (χ2n) is 4.27. The monoisotopic (exact) mass is 262 g/mol. The van der Waals surface area contributed by atoms with Gasteiger partial charge in [0.05, 0.1) is 0 Å². The van der Waals surface area contributed by atoms with E-state index in [9.17, 15) is 0 Å². The van der Waals surface area contributed by atoms with Crippen LogP contribution in [-0.2, 0) is 6.54 Å². The maximum atomic E-state index is 5.29. The molecular formula is C13H18N4S. The summed E-state index contributed by atoms with van der Waals surface area (Å²) in [5.74, 6) is 0.908. The molecule has 0 bridgehead atoms. The SMILES string of the molecule is CCN(C)CCn1c(-c2ccccc2)n[nH]c1=S. The largest absolute Gasteiger partial charge is 0.305 e. The zero-order chi connectivity index (χ0) is 13.0. The van der Waals surface area contributed by atoms with Crippen molar-refractivity contribution in [2.45, 2.75) is 13.5 Å². The first-order valence-corrected chi connectivity index (χ1v) is 6.52. The first-order valence-electron chi connectivity index (χ1n) is 6.11. The third kappa shape index (κ3) is 2.86. The highest BCUT2D eigenvalue weighted by atomic mass is 32.1. The molecule has 1 aromatic carbocycles. The molecule has 0 aliphatic rings. The van der Waals surface area contributed by atoms with Crippen LogP contribution < -0.4 is 0 Å². The summed E-state index contributed by atoms with van der Waals surface area (Å²) in [6, 6.07) is 10.1. The van der Waals surface area contributed by atoms with Crippen LogP contribution in [-0.4, -0.2) is 39.8 Å². The molecule has 96 valence electrons. The van der Waals surface area contributed by atoms with E-state index >= 15 is 0 Å². The van der Waals surface area contributed by atoms with Crippen molar-refractivity contribution >= 4 is 12.2 Å². The average molecular weight is 262 g/mol. The molecule has 0 unspecified atom stereocenters. The average Bonchev–Trinajstić information content (AvgIpc) is 2.78. The molecule has 0 spiro atoms. The third-order valence-electron chi connectivity index (χ3n) is 3.04. The summed E-state index contributed by atoms with van der Waals surface area (Å²) in [5, 5.41) is 7.19. The molecule has 4 nitrogen and oxygen atoms in total. The van der Waals surface area contributed by atoms with Crippen molar-refractivity contribution in [3.05, 3.63) is 35.1 Å². The lowest BCUT2D eigenvalue weighted by atomic mass is 10.2. The summed E-state index contributed by atoms with van der Waals surface area (Å²) >= 11 is 5.29. The van der Waals surface area contributed by atoms with Crippen molar-refractivity contribution in [3.63, 3.8) is 0 Å². The van der Waals surface area contributed by atoms with E-state index < -0.39 is 0 Å². The van der Waals surface area contributed by atoms with E-state index in [1.54, 1.807) is 0 Å². The predicted octanol–water partition coefficient (Wildman–Crippen LogP) is 2.56. The Morgan fingerprint density at radius 3 is 2.72 bits per heavy atom. The number of hydrogen-bond acceptors (Lipinski definition) is 3. The predicted molar refractivity (Wildman–Crippen MR) is 76.0 cm³/mol. The highest BCUT2D eigenvalue weighted by Gasteiger charge is 2.08. The molecule has 0 radical (unpaired) electrons. The second kappa shape index (κ2) is 5.93. The van der Waals surface area contributed by atoms with Crippen molar-refractivity contribution < 1.29 is 0 Å². The molecule has 2 rings (SSSR count). The van der Waals surface area contributed by atoms with Crippen molar-refractivity contribution in [3.8, 4) is 11.4 Å². The van der Waals surface area contributed by atoms with E-state index in [0.29, 0.717) is 4.77 Å². The molecule has 1 aromatic heterocycles. The third-order valence-corrected chi connectivity index (χ3v) is 3.35. The van der Waals surface area contributed by atoms with Crippen LogP contribution in [0.1, 0.15) is 6.92 Å². The molecule has 0 atom stereocenters. The fourth-order valence-electron chi connectivity index (χ4n) is 1.76. The quantitative estimate of drug-likeness (QED) is 0.841. The first-order chi connectivity index (χ1) is 8.72. The Morgan fingerprint density at radius 1 is 1.33 bits per heavy atom. The molecule has 1 N–H and O–H groups in total. The van der Waals surface area contributed by atoms with Crippen LogP contribution in [0, 0.1) is 4.77 Å². The first kappa shape index (κ1) is 13.0. The molecule has 0 aliphatic carbocycles. The molecule has 0 saturated carbocycles.